The van der Waals surface area contributed by atoms with Crippen molar-refractivity contribution < 1.29 is 9.53 Å². The summed E-state index contributed by atoms with van der Waals surface area (Å²) in [5.74, 6) is 1.78. The lowest BCUT2D eigenvalue weighted by Gasteiger charge is -2.45. The number of nitrogens with one attached hydrogen (secondary N) is 1. The molecule has 1 heterocycles. The van der Waals surface area contributed by atoms with Crippen LogP contribution in [0.3, 0.4) is 0 Å². The normalized spacial score (nSPS) is 32.7. The Morgan fingerprint density at radius 3 is 2.75 bits per heavy atom. The van der Waals surface area contributed by atoms with Crippen LogP contribution in [0.4, 0.5) is 0 Å². The molecule has 110 valence electrons. The van der Waals surface area contributed by atoms with Crippen molar-refractivity contribution in [1.82, 2.24) is 5.32 Å². The highest BCUT2D eigenvalue weighted by Gasteiger charge is 2.40. The molecule has 2 unspecified atom stereocenters. The molecule has 0 aromatic carbocycles. The van der Waals surface area contributed by atoms with Crippen molar-refractivity contribution in [3.05, 3.63) is 16.3 Å². The number of ether oxygens (including phenoxy) is 1. The Balaban J connectivity index is 1.72. The lowest BCUT2D eigenvalue weighted by atomic mass is 9.67. The van der Waals surface area contributed by atoms with Gasteiger partial charge in [0.25, 0.3) is 5.91 Å². The van der Waals surface area contributed by atoms with Crippen LogP contribution in [0, 0.1) is 11.8 Å². The van der Waals surface area contributed by atoms with Crippen molar-refractivity contribution in [2.75, 3.05) is 7.11 Å². The molecule has 1 amide bonds. The summed E-state index contributed by atoms with van der Waals surface area (Å²) >= 11 is 1.44. The first kappa shape index (κ1) is 13.9. The first-order valence-electron chi connectivity index (χ1n) is 7.37. The van der Waals surface area contributed by atoms with Crippen molar-refractivity contribution in [1.29, 1.82) is 0 Å². The standard InChI is InChI=1S/C15H22N2O2S/c1-19-12-5-6-20-14(12)15(18)17-13-9-3-2-4-10(13)8-11(16)7-9/h5-6,9-11,13H,2-4,7-8,16H2,1H3,(H,17,18). The minimum atomic E-state index is 0.00854. The number of carbonyl (C=O) groups is 1. The van der Waals surface area contributed by atoms with Crippen molar-refractivity contribution in [2.45, 2.75) is 44.2 Å². The molecule has 2 saturated carbocycles. The zero-order valence-electron chi connectivity index (χ0n) is 11.8. The zero-order valence-corrected chi connectivity index (χ0v) is 12.6. The third-order valence-electron chi connectivity index (χ3n) is 4.73. The van der Waals surface area contributed by atoms with Gasteiger partial charge in [0, 0.05) is 12.1 Å². The predicted molar refractivity (Wildman–Crippen MR) is 80.2 cm³/mol. The molecule has 2 aliphatic rings. The lowest BCUT2D eigenvalue weighted by molar-refractivity contribution is 0.0757. The van der Waals surface area contributed by atoms with Gasteiger partial charge in [-0.25, -0.2) is 0 Å². The van der Waals surface area contributed by atoms with E-state index in [0.717, 1.165) is 12.8 Å². The summed E-state index contributed by atoms with van der Waals surface area (Å²) < 4.78 is 5.24. The minimum Gasteiger partial charge on any atom is -0.495 e. The molecular formula is C15H22N2O2S. The van der Waals surface area contributed by atoms with Crippen LogP contribution in [0.15, 0.2) is 11.4 Å². The molecule has 1 aromatic rings. The number of fused-ring (bicyclic) bond motifs is 2. The first-order valence-corrected chi connectivity index (χ1v) is 8.25. The maximum absolute atomic E-state index is 12.5. The van der Waals surface area contributed by atoms with Gasteiger partial charge in [-0.05, 0) is 49.0 Å². The highest BCUT2D eigenvalue weighted by atomic mass is 32.1. The number of hydrogen-bond donors (Lipinski definition) is 2. The van der Waals surface area contributed by atoms with Gasteiger partial charge in [-0.2, -0.15) is 0 Å². The number of nitrogens with two attached hydrogens (primary N) is 1. The molecule has 3 N–H and O–H groups in total. The number of thiophene rings is 1. The maximum atomic E-state index is 12.5. The average Bonchev–Trinajstić information content (AvgIpc) is 2.88. The predicted octanol–water partition coefficient (Wildman–Crippen LogP) is 2.39. The van der Waals surface area contributed by atoms with E-state index in [-0.39, 0.29) is 5.91 Å². The van der Waals surface area contributed by atoms with E-state index >= 15 is 0 Å². The van der Waals surface area contributed by atoms with Gasteiger partial charge in [-0.1, -0.05) is 6.42 Å². The number of methoxy groups -OCH3 is 1. The van der Waals surface area contributed by atoms with Crippen LogP contribution in [0.1, 0.15) is 41.8 Å². The van der Waals surface area contributed by atoms with Crippen LogP contribution >= 0.6 is 11.3 Å². The topological polar surface area (TPSA) is 64.3 Å². The van der Waals surface area contributed by atoms with Crippen LogP contribution in [0.5, 0.6) is 5.75 Å². The second kappa shape index (κ2) is 5.74. The second-order valence-electron chi connectivity index (χ2n) is 6.00. The molecule has 1 aromatic heterocycles. The molecular weight excluding hydrogens is 272 g/mol. The summed E-state index contributed by atoms with van der Waals surface area (Å²) in [6, 6.07) is 2.45. The number of hydrogen-bond acceptors (Lipinski definition) is 4. The second-order valence-corrected chi connectivity index (χ2v) is 6.92. The molecule has 0 spiro atoms. The first-order chi connectivity index (χ1) is 9.69. The fraction of sp³-hybridized carbons (Fsp3) is 0.667. The molecule has 20 heavy (non-hydrogen) atoms. The summed E-state index contributed by atoms with van der Waals surface area (Å²) in [7, 11) is 1.60. The summed E-state index contributed by atoms with van der Waals surface area (Å²) in [6.45, 7) is 0. The molecule has 0 radical (unpaired) electrons. The fourth-order valence-corrected chi connectivity index (χ4v) is 4.63. The Hall–Kier alpha value is -1.07. The van der Waals surface area contributed by atoms with Gasteiger partial charge in [0.05, 0.1) is 7.11 Å². The van der Waals surface area contributed by atoms with Gasteiger partial charge in [-0.3, -0.25) is 4.79 Å². The Bertz CT molecular complexity index is 474. The molecule has 0 aliphatic heterocycles. The highest BCUT2D eigenvalue weighted by molar-refractivity contribution is 7.12. The van der Waals surface area contributed by atoms with E-state index in [9.17, 15) is 4.79 Å². The third kappa shape index (κ3) is 2.56. The Morgan fingerprint density at radius 1 is 1.40 bits per heavy atom. The summed E-state index contributed by atoms with van der Waals surface area (Å²) in [5.41, 5.74) is 6.13. The van der Waals surface area contributed by atoms with E-state index in [0.29, 0.717) is 34.5 Å². The summed E-state index contributed by atoms with van der Waals surface area (Å²) in [6.07, 6.45) is 5.75. The lowest BCUT2D eigenvalue weighted by Crippen LogP contribution is -2.53. The zero-order chi connectivity index (χ0) is 14.1. The van der Waals surface area contributed by atoms with Gasteiger partial charge in [0.1, 0.15) is 10.6 Å². The van der Waals surface area contributed by atoms with E-state index in [1.54, 1.807) is 7.11 Å². The van der Waals surface area contributed by atoms with Crippen LogP contribution < -0.4 is 15.8 Å². The maximum Gasteiger partial charge on any atom is 0.265 e. The fourth-order valence-electron chi connectivity index (χ4n) is 3.87. The molecule has 2 aliphatic carbocycles. The molecule has 3 rings (SSSR count). The third-order valence-corrected chi connectivity index (χ3v) is 5.62. The van der Waals surface area contributed by atoms with Crippen LogP contribution in [-0.4, -0.2) is 25.1 Å². The van der Waals surface area contributed by atoms with E-state index < -0.39 is 0 Å². The Morgan fingerprint density at radius 2 is 2.10 bits per heavy atom. The molecule has 4 nitrogen and oxygen atoms in total. The molecule has 2 fully saturated rings. The monoisotopic (exact) mass is 294 g/mol. The van der Waals surface area contributed by atoms with Crippen molar-refractivity contribution in [3.63, 3.8) is 0 Å². The number of amides is 1. The smallest absolute Gasteiger partial charge is 0.265 e. The molecule has 2 bridgehead atoms. The average molecular weight is 294 g/mol. The minimum absolute atomic E-state index is 0.00854. The SMILES string of the molecule is COc1ccsc1C(=O)NC1C2CCCC1CC(N)C2. The van der Waals surface area contributed by atoms with Gasteiger partial charge >= 0.3 is 0 Å². The van der Waals surface area contributed by atoms with E-state index in [1.807, 2.05) is 11.4 Å². The van der Waals surface area contributed by atoms with Crippen LogP contribution in [0.2, 0.25) is 0 Å². The quantitative estimate of drug-likeness (QED) is 0.899. The van der Waals surface area contributed by atoms with E-state index in [1.165, 1.54) is 30.6 Å². The van der Waals surface area contributed by atoms with Gasteiger partial charge in [-0.15, -0.1) is 11.3 Å². The molecule has 0 saturated heterocycles. The van der Waals surface area contributed by atoms with E-state index in [2.05, 4.69) is 5.32 Å². The summed E-state index contributed by atoms with van der Waals surface area (Å²) in [4.78, 5) is 13.1. The van der Waals surface area contributed by atoms with Crippen molar-refractivity contribution in [2.24, 2.45) is 17.6 Å². The molecule has 5 heteroatoms. The van der Waals surface area contributed by atoms with E-state index in [4.69, 9.17) is 10.5 Å². The van der Waals surface area contributed by atoms with Crippen molar-refractivity contribution in [3.8, 4) is 5.75 Å². The summed E-state index contributed by atoms with van der Waals surface area (Å²) in [5, 5.41) is 5.15. The van der Waals surface area contributed by atoms with Crippen LogP contribution in [0.25, 0.3) is 0 Å². The van der Waals surface area contributed by atoms with Gasteiger partial charge in [0.15, 0.2) is 0 Å². The number of rotatable bonds is 3. The largest absolute Gasteiger partial charge is 0.495 e. The van der Waals surface area contributed by atoms with Crippen LogP contribution in [-0.2, 0) is 0 Å². The van der Waals surface area contributed by atoms with Gasteiger partial charge < -0.3 is 15.8 Å². The molecule has 2 atom stereocenters. The highest BCUT2D eigenvalue weighted by Crippen LogP contribution is 2.40. The van der Waals surface area contributed by atoms with Crippen molar-refractivity contribution >= 4 is 17.2 Å². The number of carbonyl (C=O) groups excluding carboxylic acids is 1. The Kier molecular flexibility index (Phi) is 3.98. The van der Waals surface area contributed by atoms with Gasteiger partial charge in [0.2, 0.25) is 0 Å². The Labute approximate surface area is 123 Å².